The van der Waals surface area contributed by atoms with Crippen LogP contribution in [0.4, 0.5) is 0 Å². The molecule has 0 bridgehead atoms. The molecule has 1 rings (SSSR count). The Morgan fingerprint density at radius 2 is 1.95 bits per heavy atom. The van der Waals surface area contributed by atoms with Crippen molar-refractivity contribution in [3.05, 3.63) is 27.2 Å². The Balaban J connectivity index is 3.35. The molecule has 0 radical (unpaired) electrons. The van der Waals surface area contributed by atoms with E-state index in [0.29, 0.717) is 17.6 Å². The lowest BCUT2D eigenvalue weighted by Gasteiger charge is -2.23. The number of carbonyl (C=O) groups excluding carboxylic acids is 1. The molecule has 1 amide bonds. The third-order valence-electron chi connectivity index (χ3n) is 2.77. The van der Waals surface area contributed by atoms with Crippen LogP contribution < -0.4 is 0 Å². The van der Waals surface area contributed by atoms with Gasteiger partial charge in [-0.25, -0.2) is 8.42 Å². The third-order valence-corrected chi connectivity index (χ3v) is 5.36. The lowest BCUT2D eigenvalue weighted by molar-refractivity contribution is 0.0745. The predicted octanol–water partition coefficient (Wildman–Crippen LogP) is 4.15. The molecule has 1 aromatic carbocycles. The van der Waals surface area contributed by atoms with Gasteiger partial charge in [0, 0.05) is 28.2 Å². The van der Waals surface area contributed by atoms with Crippen LogP contribution in [0.25, 0.3) is 0 Å². The summed E-state index contributed by atoms with van der Waals surface area (Å²) < 4.78 is 23.2. The molecule has 4 nitrogen and oxygen atoms in total. The van der Waals surface area contributed by atoms with Crippen molar-refractivity contribution >= 4 is 53.2 Å². The van der Waals surface area contributed by atoms with E-state index in [0.717, 1.165) is 0 Å². The van der Waals surface area contributed by atoms with Crippen molar-refractivity contribution < 1.29 is 13.2 Å². The molecular formula is C13H16BrCl2NO3S. The summed E-state index contributed by atoms with van der Waals surface area (Å²) in [5.74, 6) is -0.0323. The SMILES string of the molecule is CCN(CC(C)C)C(=O)c1cc(S(=O)(=O)Cl)cc(Br)c1Cl. The van der Waals surface area contributed by atoms with E-state index in [1.807, 2.05) is 20.8 Å². The Kier molecular flexibility index (Phi) is 6.53. The van der Waals surface area contributed by atoms with E-state index < -0.39 is 9.05 Å². The normalized spacial score (nSPS) is 11.8. The number of carbonyl (C=O) groups is 1. The maximum Gasteiger partial charge on any atom is 0.261 e. The van der Waals surface area contributed by atoms with E-state index >= 15 is 0 Å². The monoisotopic (exact) mass is 415 g/mol. The highest BCUT2D eigenvalue weighted by Gasteiger charge is 2.23. The Morgan fingerprint density at radius 3 is 2.38 bits per heavy atom. The topological polar surface area (TPSA) is 54.5 Å². The number of benzene rings is 1. The number of hydrogen-bond acceptors (Lipinski definition) is 3. The van der Waals surface area contributed by atoms with Crippen molar-refractivity contribution in [3.63, 3.8) is 0 Å². The highest BCUT2D eigenvalue weighted by atomic mass is 79.9. The van der Waals surface area contributed by atoms with E-state index in [4.69, 9.17) is 22.3 Å². The minimum atomic E-state index is -3.94. The van der Waals surface area contributed by atoms with Crippen molar-refractivity contribution in [2.45, 2.75) is 25.7 Å². The van der Waals surface area contributed by atoms with Gasteiger partial charge < -0.3 is 4.90 Å². The molecular weight excluding hydrogens is 401 g/mol. The highest BCUT2D eigenvalue weighted by Crippen LogP contribution is 2.32. The van der Waals surface area contributed by atoms with Crippen LogP contribution in [0.15, 0.2) is 21.5 Å². The van der Waals surface area contributed by atoms with Gasteiger partial charge in [-0.2, -0.15) is 0 Å². The Bertz CT molecular complexity index is 647. The molecule has 0 saturated heterocycles. The summed E-state index contributed by atoms with van der Waals surface area (Å²) in [5, 5.41) is 0.172. The molecule has 0 fully saturated rings. The van der Waals surface area contributed by atoms with E-state index in [9.17, 15) is 13.2 Å². The minimum Gasteiger partial charge on any atom is -0.339 e. The van der Waals surface area contributed by atoms with Gasteiger partial charge in [0.15, 0.2) is 0 Å². The molecule has 0 spiro atoms. The van der Waals surface area contributed by atoms with E-state index in [-0.39, 0.29) is 27.3 Å². The number of nitrogens with zero attached hydrogens (tertiary/aromatic N) is 1. The second-order valence-electron chi connectivity index (χ2n) is 4.94. The van der Waals surface area contributed by atoms with E-state index in [2.05, 4.69) is 15.9 Å². The van der Waals surface area contributed by atoms with Crippen molar-refractivity contribution in [2.24, 2.45) is 5.92 Å². The first-order valence-corrected chi connectivity index (χ1v) is 9.78. The van der Waals surface area contributed by atoms with Crippen molar-refractivity contribution in [1.29, 1.82) is 0 Å². The molecule has 0 saturated carbocycles. The van der Waals surface area contributed by atoms with Gasteiger partial charge in [-0.05, 0) is 40.9 Å². The maximum absolute atomic E-state index is 12.5. The molecule has 0 aliphatic rings. The fourth-order valence-corrected chi connectivity index (χ4v) is 3.41. The molecule has 0 atom stereocenters. The fraction of sp³-hybridized carbons (Fsp3) is 0.462. The number of halogens is 3. The summed E-state index contributed by atoms with van der Waals surface area (Å²) >= 11 is 9.27. The maximum atomic E-state index is 12.5. The largest absolute Gasteiger partial charge is 0.339 e. The average molecular weight is 417 g/mol. The summed E-state index contributed by atoms with van der Waals surface area (Å²) in [6.07, 6.45) is 0. The van der Waals surface area contributed by atoms with Gasteiger partial charge >= 0.3 is 0 Å². The number of rotatable bonds is 5. The van der Waals surface area contributed by atoms with E-state index in [1.165, 1.54) is 12.1 Å². The molecule has 0 unspecified atom stereocenters. The second-order valence-corrected chi connectivity index (χ2v) is 8.74. The molecule has 0 aromatic heterocycles. The van der Waals surface area contributed by atoms with Crippen LogP contribution in [0.3, 0.4) is 0 Å². The zero-order valence-electron chi connectivity index (χ0n) is 11.9. The van der Waals surface area contributed by atoms with Crippen molar-refractivity contribution in [3.8, 4) is 0 Å². The van der Waals surface area contributed by atoms with Crippen LogP contribution in [0.5, 0.6) is 0 Å². The van der Waals surface area contributed by atoms with Crippen LogP contribution in [-0.2, 0) is 9.05 Å². The zero-order chi connectivity index (χ0) is 16.4. The smallest absolute Gasteiger partial charge is 0.261 e. The first-order chi connectivity index (χ1) is 9.57. The van der Waals surface area contributed by atoms with Crippen LogP contribution in [0.2, 0.25) is 5.02 Å². The fourth-order valence-electron chi connectivity index (χ4n) is 1.83. The van der Waals surface area contributed by atoms with Crippen molar-refractivity contribution in [1.82, 2.24) is 4.90 Å². The molecule has 0 aliphatic carbocycles. The summed E-state index contributed by atoms with van der Waals surface area (Å²) in [6, 6.07) is 2.49. The lowest BCUT2D eigenvalue weighted by atomic mass is 10.1. The molecule has 118 valence electrons. The molecule has 0 aliphatic heterocycles. The van der Waals surface area contributed by atoms with Gasteiger partial charge in [-0.15, -0.1) is 0 Å². The van der Waals surface area contributed by atoms with Gasteiger partial charge in [0.05, 0.1) is 15.5 Å². The number of hydrogen-bond donors (Lipinski definition) is 0. The first-order valence-electron chi connectivity index (χ1n) is 6.30. The Morgan fingerprint density at radius 1 is 1.38 bits per heavy atom. The summed E-state index contributed by atoms with van der Waals surface area (Å²) in [6.45, 7) is 6.90. The summed E-state index contributed by atoms with van der Waals surface area (Å²) in [7, 11) is 1.40. The highest BCUT2D eigenvalue weighted by molar-refractivity contribution is 9.10. The van der Waals surface area contributed by atoms with Gasteiger partial charge in [0.2, 0.25) is 0 Å². The van der Waals surface area contributed by atoms with E-state index in [1.54, 1.807) is 4.90 Å². The zero-order valence-corrected chi connectivity index (χ0v) is 15.8. The lowest BCUT2D eigenvalue weighted by Crippen LogP contribution is -2.34. The molecule has 21 heavy (non-hydrogen) atoms. The predicted molar refractivity (Wildman–Crippen MR) is 88.6 cm³/mol. The third kappa shape index (κ3) is 4.84. The molecule has 8 heteroatoms. The average Bonchev–Trinajstić information content (AvgIpc) is 2.36. The standard InChI is InChI=1S/C13H16BrCl2NO3S/c1-4-17(7-8(2)3)13(18)10-5-9(21(16,19)20)6-11(14)12(10)15/h5-6,8H,4,7H2,1-3H3. The van der Waals surface area contributed by atoms with Gasteiger partial charge in [-0.1, -0.05) is 25.4 Å². The van der Waals surface area contributed by atoms with Gasteiger partial charge in [0.1, 0.15) is 0 Å². The van der Waals surface area contributed by atoms with Crippen LogP contribution in [0, 0.1) is 5.92 Å². The van der Waals surface area contributed by atoms with Gasteiger partial charge in [-0.3, -0.25) is 4.79 Å². The molecule has 0 heterocycles. The van der Waals surface area contributed by atoms with Crippen molar-refractivity contribution in [2.75, 3.05) is 13.1 Å². The summed E-state index contributed by atoms with van der Waals surface area (Å²) in [4.78, 5) is 14.0. The minimum absolute atomic E-state index is 0.118. The van der Waals surface area contributed by atoms with Crippen LogP contribution in [0.1, 0.15) is 31.1 Å². The second kappa shape index (κ2) is 7.31. The molecule has 0 N–H and O–H groups in total. The van der Waals surface area contributed by atoms with Crippen LogP contribution in [-0.4, -0.2) is 32.3 Å². The Labute approximate surface area is 143 Å². The Hall–Kier alpha value is -0.300. The quantitative estimate of drug-likeness (QED) is 0.677. The van der Waals surface area contributed by atoms with Gasteiger partial charge in [0.25, 0.3) is 15.0 Å². The first kappa shape index (κ1) is 18.7. The summed E-state index contributed by atoms with van der Waals surface area (Å²) in [5.41, 5.74) is 0.118. The van der Waals surface area contributed by atoms with Crippen LogP contribution >= 0.6 is 38.2 Å². The number of amides is 1. The molecule has 1 aromatic rings.